The fraction of sp³-hybridized carbons (Fsp3) is 0.467. The topological polar surface area (TPSA) is 57.1 Å². The maximum Gasteiger partial charge on any atom is 0.360 e. The minimum absolute atomic E-state index is 0.128. The molecule has 0 amide bonds. The minimum Gasteiger partial charge on any atom is -0.464 e. The van der Waals surface area contributed by atoms with Gasteiger partial charge in [-0.25, -0.2) is 4.79 Å². The fourth-order valence-electron chi connectivity index (χ4n) is 1.56. The van der Waals surface area contributed by atoms with Gasteiger partial charge in [0.25, 0.3) is 0 Å². The van der Waals surface area contributed by atoms with Crippen molar-refractivity contribution in [3.8, 4) is 0 Å². The number of esters is 1. The van der Waals surface area contributed by atoms with Crippen LogP contribution in [0.2, 0.25) is 0 Å². The van der Waals surface area contributed by atoms with Gasteiger partial charge in [0.15, 0.2) is 5.71 Å². The number of rotatable bonds is 5. The Morgan fingerprint density at radius 1 is 1.20 bits per heavy atom. The predicted octanol–water partition coefficient (Wildman–Crippen LogP) is 2.53. The second-order valence-electron chi connectivity index (χ2n) is 5.17. The minimum atomic E-state index is -0.546. The van der Waals surface area contributed by atoms with Crippen LogP contribution in [0.1, 0.15) is 31.9 Å². The van der Waals surface area contributed by atoms with Gasteiger partial charge < -0.3 is 14.3 Å². The van der Waals surface area contributed by atoms with E-state index < -0.39 is 5.97 Å². The molecule has 5 nitrogen and oxygen atoms in total. The highest BCUT2D eigenvalue weighted by Crippen LogP contribution is 2.17. The quantitative estimate of drug-likeness (QED) is 0.472. The molecule has 1 rings (SSSR count). The first-order valence-corrected chi connectivity index (χ1v) is 6.30. The fourth-order valence-corrected chi connectivity index (χ4v) is 1.56. The summed E-state index contributed by atoms with van der Waals surface area (Å²) < 4.78 is 10.5. The summed E-state index contributed by atoms with van der Waals surface area (Å²) in [7, 11) is 2.69. The Kier molecular flexibility index (Phi) is 5.70. The zero-order valence-electron chi connectivity index (χ0n) is 12.6. The summed E-state index contributed by atoms with van der Waals surface area (Å²) in [6, 6.07) is 7.38. The SMILES string of the molecule is CO/N=C(/C(=O)OC)c1ccccc1COC(C)(C)C. The Morgan fingerprint density at radius 2 is 1.85 bits per heavy atom. The number of oxime groups is 1. The summed E-state index contributed by atoms with van der Waals surface area (Å²) in [6.07, 6.45) is 0. The van der Waals surface area contributed by atoms with Gasteiger partial charge in [-0.3, -0.25) is 0 Å². The van der Waals surface area contributed by atoms with Crippen LogP contribution in [0.15, 0.2) is 29.4 Å². The average Bonchev–Trinajstić information content (AvgIpc) is 2.41. The van der Waals surface area contributed by atoms with Crippen LogP contribution in [0.5, 0.6) is 0 Å². The van der Waals surface area contributed by atoms with Gasteiger partial charge in [-0.1, -0.05) is 29.4 Å². The van der Waals surface area contributed by atoms with Crippen LogP contribution in [0.25, 0.3) is 0 Å². The molecule has 0 saturated carbocycles. The van der Waals surface area contributed by atoms with Crippen LogP contribution < -0.4 is 0 Å². The third kappa shape index (κ3) is 4.66. The molecule has 0 unspecified atom stereocenters. The number of carbonyl (C=O) groups is 1. The highest BCUT2D eigenvalue weighted by Gasteiger charge is 2.20. The van der Waals surface area contributed by atoms with Crippen LogP contribution in [-0.4, -0.2) is 31.5 Å². The maximum absolute atomic E-state index is 11.8. The molecule has 0 aliphatic heterocycles. The highest BCUT2D eigenvalue weighted by atomic mass is 16.6. The van der Waals surface area contributed by atoms with Gasteiger partial charge in [0.1, 0.15) is 7.11 Å². The first-order valence-electron chi connectivity index (χ1n) is 6.30. The van der Waals surface area contributed by atoms with E-state index in [1.807, 2.05) is 39.0 Å². The summed E-state index contributed by atoms with van der Waals surface area (Å²) in [5.74, 6) is -0.546. The van der Waals surface area contributed by atoms with Gasteiger partial charge in [-0.05, 0) is 26.3 Å². The maximum atomic E-state index is 11.8. The molecule has 0 atom stereocenters. The molecule has 5 heteroatoms. The van der Waals surface area contributed by atoms with Gasteiger partial charge in [0.2, 0.25) is 0 Å². The van der Waals surface area contributed by atoms with E-state index in [0.717, 1.165) is 5.56 Å². The van der Waals surface area contributed by atoms with Gasteiger partial charge in [-0.2, -0.15) is 0 Å². The van der Waals surface area contributed by atoms with Gasteiger partial charge in [-0.15, -0.1) is 0 Å². The Hall–Kier alpha value is -1.88. The standard InChI is InChI=1S/C15H21NO4/c1-15(2,3)20-10-11-8-6-7-9-12(11)13(16-19-5)14(17)18-4/h6-9H,10H2,1-5H3/b16-13+. The van der Waals surface area contributed by atoms with E-state index in [1.54, 1.807) is 6.07 Å². The molecule has 1 aromatic rings. The largest absolute Gasteiger partial charge is 0.464 e. The van der Waals surface area contributed by atoms with Crippen molar-refractivity contribution in [1.82, 2.24) is 0 Å². The number of hydrogen-bond acceptors (Lipinski definition) is 5. The molecular weight excluding hydrogens is 258 g/mol. The molecule has 110 valence electrons. The Morgan fingerprint density at radius 3 is 2.40 bits per heavy atom. The molecule has 0 spiro atoms. The van der Waals surface area contributed by atoms with Gasteiger partial charge in [0.05, 0.1) is 19.3 Å². The molecule has 20 heavy (non-hydrogen) atoms. The van der Waals surface area contributed by atoms with E-state index in [-0.39, 0.29) is 11.3 Å². The van der Waals surface area contributed by atoms with E-state index in [1.165, 1.54) is 14.2 Å². The lowest BCUT2D eigenvalue weighted by Crippen LogP contribution is -2.22. The first kappa shape index (κ1) is 16.2. The van der Waals surface area contributed by atoms with Gasteiger partial charge in [0, 0.05) is 5.56 Å². The van der Waals surface area contributed by atoms with Crippen LogP contribution in [-0.2, 0) is 25.7 Å². The summed E-state index contributed by atoms with van der Waals surface area (Å²) in [5.41, 5.74) is 1.36. The van der Waals surface area contributed by atoms with E-state index in [2.05, 4.69) is 5.16 Å². The second-order valence-corrected chi connectivity index (χ2v) is 5.17. The van der Waals surface area contributed by atoms with Crippen molar-refractivity contribution in [3.05, 3.63) is 35.4 Å². The molecule has 1 aromatic carbocycles. The van der Waals surface area contributed by atoms with Crippen LogP contribution in [0.3, 0.4) is 0 Å². The first-order chi connectivity index (χ1) is 9.39. The van der Waals surface area contributed by atoms with E-state index >= 15 is 0 Å². The smallest absolute Gasteiger partial charge is 0.360 e. The van der Waals surface area contributed by atoms with E-state index in [0.29, 0.717) is 12.2 Å². The summed E-state index contributed by atoms with van der Waals surface area (Å²) >= 11 is 0. The Labute approximate surface area is 119 Å². The highest BCUT2D eigenvalue weighted by molar-refractivity contribution is 6.43. The average molecular weight is 279 g/mol. The Balaban J connectivity index is 3.10. The lowest BCUT2D eigenvalue weighted by molar-refractivity contribution is -0.132. The molecule has 0 radical (unpaired) electrons. The van der Waals surface area contributed by atoms with Crippen molar-refractivity contribution in [2.75, 3.05) is 14.2 Å². The third-order valence-electron chi connectivity index (χ3n) is 2.49. The van der Waals surface area contributed by atoms with E-state index in [9.17, 15) is 4.79 Å². The van der Waals surface area contributed by atoms with Crippen molar-refractivity contribution in [3.63, 3.8) is 0 Å². The lowest BCUT2D eigenvalue weighted by atomic mass is 10.0. The third-order valence-corrected chi connectivity index (χ3v) is 2.49. The van der Waals surface area contributed by atoms with Gasteiger partial charge >= 0.3 is 5.97 Å². The number of methoxy groups -OCH3 is 1. The van der Waals surface area contributed by atoms with Crippen molar-refractivity contribution < 1.29 is 19.1 Å². The monoisotopic (exact) mass is 279 g/mol. The molecule has 0 aliphatic carbocycles. The number of hydrogen-bond donors (Lipinski definition) is 0. The molecular formula is C15H21NO4. The number of nitrogens with zero attached hydrogens (tertiary/aromatic N) is 1. The van der Waals surface area contributed by atoms with Crippen LogP contribution >= 0.6 is 0 Å². The normalized spacial score (nSPS) is 12.2. The molecule has 0 N–H and O–H groups in total. The molecule has 0 saturated heterocycles. The second kappa shape index (κ2) is 7.05. The van der Waals surface area contributed by atoms with Crippen molar-refractivity contribution >= 4 is 11.7 Å². The van der Waals surface area contributed by atoms with Crippen LogP contribution in [0.4, 0.5) is 0 Å². The number of ether oxygens (including phenoxy) is 2. The molecule has 0 bridgehead atoms. The van der Waals surface area contributed by atoms with Crippen LogP contribution in [0, 0.1) is 0 Å². The molecule has 0 aliphatic rings. The van der Waals surface area contributed by atoms with E-state index in [4.69, 9.17) is 14.3 Å². The van der Waals surface area contributed by atoms with Crippen molar-refractivity contribution in [2.45, 2.75) is 33.0 Å². The molecule has 0 heterocycles. The zero-order valence-corrected chi connectivity index (χ0v) is 12.6. The predicted molar refractivity (Wildman–Crippen MR) is 76.5 cm³/mol. The zero-order chi connectivity index (χ0) is 15.2. The molecule has 0 aromatic heterocycles. The number of carbonyl (C=O) groups excluding carboxylic acids is 1. The summed E-state index contributed by atoms with van der Waals surface area (Å²) in [4.78, 5) is 16.5. The number of benzene rings is 1. The van der Waals surface area contributed by atoms with Crippen molar-refractivity contribution in [1.29, 1.82) is 0 Å². The summed E-state index contributed by atoms with van der Waals surface area (Å²) in [6.45, 7) is 6.29. The lowest BCUT2D eigenvalue weighted by Gasteiger charge is -2.20. The Bertz CT molecular complexity index is 489. The summed E-state index contributed by atoms with van der Waals surface area (Å²) in [5, 5.41) is 3.76. The van der Waals surface area contributed by atoms with Crippen molar-refractivity contribution in [2.24, 2.45) is 5.16 Å². The molecule has 0 fully saturated rings.